The average Bonchev–Trinajstić information content (AvgIpc) is 3.29. The highest BCUT2D eigenvalue weighted by Gasteiger charge is 2.22. The number of hydrogen-bond acceptors (Lipinski definition) is 8. The number of allylic oxidation sites excluding steroid dienone is 12. The molecular formula is C58H101NO8. The summed E-state index contributed by atoms with van der Waals surface area (Å²) in [5.41, 5.74) is 0. The van der Waals surface area contributed by atoms with E-state index in [2.05, 4.69) is 86.8 Å². The lowest BCUT2D eigenvalue weighted by Gasteiger charge is -2.26. The van der Waals surface area contributed by atoms with E-state index in [1.165, 1.54) is 103 Å². The van der Waals surface area contributed by atoms with Gasteiger partial charge in [-0.3, -0.25) is 9.59 Å². The SMILES string of the molecule is CC/C=C\C/C=C\C/C=C\C/C=C\C/C=C\C/C=C\CCCCCCCCCCC(=O)OC(COC(=O)CCCCCCCCCCCCCCCCC)COC(OCC[N+](C)(C)C)C(=O)[O-]. The first-order valence-electron chi connectivity index (χ1n) is 27.1. The van der Waals surface area contributed by atoms with Crippen LogP contribution in [-0.4, -0.2) is 82.3 Å². The molecule has 0 bridgehead atoms. The molecule has 0 aliphatic heterocycles. The van der Waals surface area contributed by atoms with Gasteiger partial charge in [-0.05, 0) is 64.2 Å². The maximum Gasteiger partial charge on any atom is 0.306 e. The van der Waals surface area contributed by atoms with Crippen LogP contribution in [0.25, 0.3) is 0 Å². The average molecular weight is 940 g/mol. The molecule has 0 aromatic rings. The molecule has 0 heterocycles. The second kappa shape index (κ2) is 49.2. The topological polar surface area (TPSA) is 111 Å². The molecule has 386 valence electrons. The van der Waals surface area contributed by atoms with Crippen molar-refractivity contribution in [1.29, 1.82) is 0 Å². The molecule has 0 spiro atoms. The van der Waals surface area contributed by atoms with Crippen LogP contribution in [0.2, 0.25) is 0 Å². The van der Waals surface area contributed by atoms with Crippen molar-refractivity contribution in [3.63, 3.8) is 0 Å². The number of hydrogen-bond donors (Lipinski definition) is 0. The quantitative estimate of drug-likeness (QED) is 0.0195. The van der Waals surface area contributed by atoms with Crippen LogP contribution in [0.15, 0.2) is 72.9 Å². The molecular weight excluding hydrogens is 839 g/mol. The van der Waals surface area contributed by atoms with Gasteiger partial charge in [0.2, 0.25) is 0 Å². The fourth-order valence-electron chi connectivity index (χ4n) is 7.30. The molecule has 9 nitrogen and oxygen atoms in total. The molecule has 9 heteroatoms. The van der Waals surface area contributed by atoms with E-state index in [9.17, 15) is 19.5 Å². The molecule has 0 saturated heterocycles. The number of ether oxygens (including phenoxy) is 4. The summed E-state index contributed by atoms with van der Waals surface area (Å²) in [6.45, 7) is 4.63. The fourth-order valence-corrected chi connectivity index (χ4v) is 7.30. The van der Waals surface area contributed by atoms with Gasteiger partial charge in [0.05, 0.1) is 40.3 Å². The van der Waals surface area contributed by atoms with E-state index in [1.807, 2.05) is 21.1 Å². The van der Waals surface area contributed by atoms with Crippen molar-refractivity contribution in [2.45, 2.75) is 232 Å². The third-order valence-electron chi connectivity index (χ3n) is 11.5. The van der Waals surface area contributed by atoms with Gasteiger partial charge in [0, 0.05) is 12.8 Å². The van der Waals surface area contributed by atoms with E-state index < -0.39 is 24.3 Å². The Hall–Kier alpha value is -3.27. The predicted octanol–water partition coefficient (Wildman–Crippen LogP) is 14.1. The maximum absolute atomic E-state index is 12.8. The first kappa shape index (κ1) is 63.7. The van der Waals surface area contributed by atoms with Crippen LogP contribution < -0.4 is 5.11 Å². The highest BCUT2D eigenvalue weighted by molar-refractivity contribution is 5.70. The van der Waals surface area contributed by atoms with Crippen molar-refractivity contribution >= 4 is 17.9 Å². The van der Waals surface area contributed by atoms with Gasteiger partial charge in [-0.15, -0.1) is 0 Å². The summed E-state index contributed by atoms with van der Waals surface area (Å²) in [6.07, 6.45) is 59.3. The standard InChI is InChI=1S/C58H101NO8/c1-6-8-10-12-14-16-18-20-22-23-24-25-26-27-28-29-30-31-32-33-35-37-39-41-43-45-47-49-56(61)67-54(53-66-58(57(62)63)64-51-50-59(3,4)5)52-65-55(60)48-46-44-42-40-38-36-34-21-19-17-15-13-11-9-7-2/h8,10,14,16,20,22,24-25,27-28,30-31,54,58H,6-7,9,11-13,15,17-19,21,23,26,29,32-53H2,1-5H3/b10-8-,16-14-,22-20-,25-24-,28-27-,31-30-. The highest BCUT2D eigenvalue weighted by atomic mass is 16.7. The molecule has 0 saturated carbocycles. The Morgan fingerprint density at radius 3 is 1.27 bits per heavy atom. The number of aliphatic carboxylic acids is 1. The summed E-state index contributed by atoms with van der Waals surface area (Å²) in [4.78, 5) is 37.2. The Balaban J connectivity index is 4.30. The summed E-state index contributed by atoms with van der Waals surface area (Å²) in [7, 11) is 5.91. The molecule has 0 aliphatic carbocycles. The molecule has 0 aliphatic rings. The van der Waals surface area contributed by atoms with Gasteiger partial charge in [0.25, 0.3) is 0 Å². The molecule has 0 rings (SSSR count). The second-order valence-corrected chi connectivity index (χ2v) is 19.1. The van der Waals surface area contributed by atoms with E-state index in [4.69, 9.17) is 18.9 Å². The molecule has 2 unspecified atom stereocenters. The van der Waals surface area contributed by atoms with Crippen molar-refractivity contribution in [2.24, 2.45) is 0 Å². The Bertz CT molecular complexity index is 1330. The third kappa shape index (κ3) is 50.4. The van der Waals surface area contributed by atoms with Crippen LogP contribution in [0.5, 0.6) is 0 Å². The van der Waals surface area contributed by atoms with Crippen LogP contribution in [0.1, 0.15) is 219 Å². The number of quaternary nitrogens is 1. The van der Waals surface area contributed by atoms with E-state index in [-0.39, 0.29) is 32.2 Å². The Labute approximate surface area is 411 Å². The van der Waals surface area contributed by atoms with Gasteiger partial charge in [0.1, 0.15) is 13.2 Å². The van der Waals surface area contributed by atoms with Gasteiger partial charge in [-0.1, -0.05) is 215 Å². The first-order valence-corrected chi connectivity index (χ1v) is 27.1. The van der Waals surface area contributed by atoms with Crippen LogP contribution in [0.3, 0.4) is 0 Å². The van der Waals surface area contributed by atoms with Crippen LogP contribution in [-0.2, 0) is 33.3 Å². The zero-order chi connectivity index (χ0) is 49.2. The van der Waals surface area contributed by atoms with Crippen LogP contribution in [0, 0.1) is 0 Å². The van der Waals surface area contributed by atoms with Crippen molar-refractivity contribution in [2.75, 3.05) is 47.5 Å². The predicted molar refractivity (Wildman–Crippen MR) is 278 cm³/mol. The lowest BCUT2D eigenvalue weighted by molar-refractivity contribution is -0.870. The van der Waals surface area contributed by atoms with Gasteiger partial charge in [-0.2, -0.15) is 0 Å². The molecule has 0 N–H and O–H groups in total. The molecule has 67 heavy (non-hydrogen) atoms. The monoisotopic (exact) mass is 940 g/mol. The summed E-state index contributed by atoms with van der Waals surface area (Å²) >= 11 is 0. The van der Waals surface area contributed by atoms with Crippen molar-refractivity contribution in [3.05, 3.63) is 72.9 Å². The summed E-state index contributed by atoms with van der Waals surface area (Å²) < 4.78 is 22.6. The second-order valence-electron chi connectivity index (χ2n) is 19.1. The molecule has 0 radical (unpaired) electrons. The normalized spacial score (nSPS) is 13.4. The van der Waals surface area contributed by atoms with Gasteiger partial charge in [0.15, 0.2) is 12.4 Å². The molecule has 0 aromatic heterocycles. The molecule has 0 amide bonds. The number of unbranched alkanes of at least 4 members (excludes halogenated alkanes) is 22. The van der Waals surface area contributed by atoms with Gasteiger partial charge < -0.3 is 33.3 Å². The number of likely N-dealkylation sites (N-methyl/N-ethyl adjacent to an activating group) is 1. The van der Waals surface area contributed by atoms with E-state index in [1.54, 1.807) is 0 Å². The van der Waals surface area contributed by atoms with Gasteiger partial charge >= 0.3 is 11.9 Å². The number of carboxylic acids is 1. The first-order chi connectivity index (χ1) is 32.6. The number of carboxylic acid groups (broad SMARTS) is 1. The number of carbonyl (C=O) groups is 3. The minimum Gasteiger partial charge on any atom is -0.545 e. The third-order valence-corrected chi connectivity index (χ3v) is 11.5. The minimum absolute atomic E-state index is 0.144. The lowest BCUT2D eigenvalue weighted by atomic mass is 10.0. The Kier molecular flexibility index (Phi) is 46.8. The van der Waals surface area contributed by atoms with E-state index in [0.717, 1.165) is 83.5 Å². The minimum atomic E-state index is -1.62. The largest absolute Gasteiger partial charge is 0.545 e. The fraction of sp³-hybridized carbons (Fsp3) is 0.741. The van der Waals surface area contributed by atoms with E-state index >= 15 is 0 Å². The van der Waals surface area contributed by atoms with Crippen LogP contribution in [0.4, 0.5) is 0 Å². The Morgan fingerprint density at radius 2 is 0.851 bits per heavy atom. The van der Waals surface area contributed by atoms with Crippen LogP contribution >= 0.6 is 0 Å². The number of nitrogens with zero attached hydrogens (tertiary/aromatic N) is 1. The molecule has 0 fully saturated rings. The highest BCUT2D eigenvalue weighted by Crippen LogP contribution is 2.15. The van der Waals surface area contributed by atoms with Gasteiger partial charge in [-0.25, -0.2) is 0 Å². The number of esters is 2. The molecule has 2 atom stereocenters. The summed E-state index contributed by atoms with van der Waals surface area (Å²) in [5.74, 6) is -2.29. The van der Waals surface area contributed by atoms with Crippen molar-refractivity contribution < 1.29 is 42.9 Å². The molecule has 0 aromatic carbocycles. The van der Waals surface area contributed by atoms with Crippen molar-refractivity contribution in [3.8, 4) is 0 Å². The summed E-state index contributed by atoms with van der Waals surface area (Å²) in [5, 5.41) is 11.7. The lowest BCUT2D eigenvalue weighted by Crippen LogP contribution is -2.44. The van der Waals surface area contributed by atoms with E-state index in [0.29, 0.717) is 23.9 Å². The van der Waals surface area contributed by atoms with Crippen molar-refractivity contribution in [1.82, 2.24) is 0 Å². The zero-order valence-electron chi connectivity index (χ0n) is 43.8. The number of rotatable bonds is 49. The number of carbonyl (C=O) groups excluding carboxylic acids is 3. The smallest absolute Gasteiger partial charge is 0.306 e. The Morgan fingerprint density at radius 1 is 0.463 bits per heavy atom. The maximum atomic E-state index is 12.8. The zero-order valence-corrected chi connectivity index (χ0v) is 43.8. The summed E-state index contributed by atoms with van der Waals surface area (Å²) in [6, 6.07) is 0.